The van der Waals surface area contributed by atoms with Gasteiger partial charge in [0, 0.05) is 56.4 Å². The van der Waals surface area contributed by atoms with Gasteiger partial charge in [0.25, 0.3) is 0 Å². The number of hydrogen-bond donors (Lipinski definition) is 0. The van der Waals surface area contributed by atoms with Gasteiger partial charge >= 0.3 is 0 Å². The highest BCUT2D eigenvalue weighted by Crippen LogP contribution is 2.26. The number of carbonyl (C=O) groups excluding carboxylic acids is 2. The Hall–Kier alpha value is -3.33. The van der Waals surface area contributed by atoms with E-state index in [-0.39, 0.29) is 17.9 Å². The van der Waals surface area contributed by atoms with E-state index >= 15 is 0 Å². The van der Waals surface area contributed by atoms with Gasteiger partial charge in [0.05, 0.1) is 7.11 Å². The highest BCUT2D eigenvalue weighted by molar-refractivity contribution is 7.99. The molecule has 2 aromatic carbocycles. The summed E-state index contributed by atoms with van der Waals surface area (Å²) in [7, 11) is 1.66. The Morgan fingerprint density at radius 3 is 2.27 bits per heavy atom. The van der Waals surface area contributed by atoms with Crippen molar-refractivity contribution >= 4 is 23.6 Å². The lowest BCUT2D eigenvalue weighted by Crippen LogP contribution is -2.55. The lowest BCUT2D eigenvalue weighted by molar-refractivity contribution is -0.142. The van der Waals surface area contributed by atoms with Gasteiger partial charge in [-0.05, 0) is 49.6 Å². The summed E-state index contributed by atoms with van der Waals surface area (Å²) < 4.78 is 7.45. The van der Waals surface area contributed by atoms with Crippen LogP contribution in [0.15, 0.2) is 59.8 Å². The van der Waals surface area contributed by atoms with Crippen molar-refractivity contribution in [3.63, 3.8) is 0 Å². The highest BCUT2D eigenvalue weighted by Gasteiger charge is 2.29. The largest absolute Gasteiger partial charge is 0.497 e. The van der Waals surface area contributed by atoms with Crippen molar-refractivity contribution in [2.24, 2.45) is 0 Å². The SMILES string of the molecule is CCCCCCCCCC(=O)N1CCN(C(=O)CCCSc2nnc(Cc3ccccc3)n2-c2ccc(OC)cc2)CC1C. The second-order valence-corrected chi connectivity index (χ2v) is 12.8. The van der Waals surface area contributed by atoms with E-state index in [1.807, 2.05) is 52.3 Å². The number of unbranched alkanes of at least 4 members (excludes halogenated alkanes) is 6. The molecule has 0 N–H and O–H groups in total. The number of aromatic nitrogens is 3. The van der Waals surface area contributed by atoms with Crippen LogP contribution >= 0.6 is 11.8 Å². The van der Waals surface area contributed by atoms with Gasteiger partial charge in [-0.3, -0.25) is 14.2 Å². The maximum Gasteiger partial charge on any atom is 0.222 e. The van der Waals surface area contributed by atoms with Crippen molar-refractivity contribution in [3.05, 3.63) is 66.0 Å². The Balaban J connectivity index is 1.24. The van der Waals surface area contributed by atoms with Crippen LogP contribution in [0.2, 0.25) is 0 Å². The summed E-state index contributed by atoms with van der Waals surface area (Å²) in [6.45, 7) is 6.16. The van der Waals surface area contributed by atoms with E-state index in [1.165, 1.54) is 37.7 Å². The standard InChI is InChI=1S/C35H49N5O3S/c1-4-5-6-7-8-9-13-17-34(42)39-24-23-38(27-28(39)2)33(41)18-14-25-44-35-37-36-32(26-29-15-11-10-12-16-29)40(35)30-19-21-31(43-3)22-20-30/h10-12,15-16,19-22,28H,4-9,13-14,17-18,23-27H2,1-3H3. The van der Waals surface area contributed by atoms with Crippen molar-refractivity contribution in [2.45, 2.75) is 95.7 Å². The zero-order valence-corrected chi connectivity index (χ0v) is 27.6. The molecule has 1 saturated heterocycles. The minimum atomic E-state index is 0.0604. The number of methoxy groups -OCH3 is 1. The molecular formula is C35H49N5O3S. The Bertz CT molecular complexity index is 1300. The zero-order chi connectivity index (χ0) is 31.1. The van der Waals surface area contributed by atoms with E-state index in [9.17, 15) is 9.59 Å². The molecule has 1 aromatic heterocycles. The number of benzene rings is 2. The molecule has 9 heteroatoms. The maximum atomic E-state index is 13.1. The number of rotatable bonds is 17. The van der Waals surface area contributed by atoms with Crippen LogP contribution in [-0.4, -0.2) is 74.9 Å². The minimum absolute atomic E-state index is 0.0604. The number of ether oxygens (including phenoxy) is 1. The lowest BCUT2D eigenvalue weighted by atomic mass is 10.1. The maximum absolute atomic E-state index is 13.1. The van der Waals surface area contributed by atoms with Gasteiger partial charge < -0.3 is 14.5 Å². The molecular weight excluding hydrogens is 570 g/mol. The number of carbonyl (C=O) groups is 2. The molecule has 238 valence electrons. The molecule has 0 saturated carbocycles. The van der Waals surface area contributed by atoms with Gasteiger partial charge in [0.15, 0.2) is 5.16 Å². The first-order valence-electron chi connectivity index (χ1n) is 16.3. The Kier molecular flexibility index (Phi) is 13.6. The van der Waals surface area contributed by atoms with Crippen molar-refractivity contribution in [1.82, 2.24) is 24.6 Å². The van der Waals surface area contributed by atoms with Crippen LogP contribution in [0.1, 0.15) is 89.4 Å². The second-order valence-electron chi connectivity index (χ2n) is 11.7. The molecule has 1 unspecified atom stereocenters. The molecule has 2 heterocycles. The molecule has 0 bridgehead atoms. The van der Waals surface area contributed by atoms with Crippen molar-refractivity contribution in [2.75, 3.05) is 32.5 Å². The zero-order valence-electron chi connectivity index (χ0n) is 26.7. The molecule has 1 aliphatic heterocycles. The average Bonchev–Trinajstić information content (AvgIpc) is 3.44. The number of thioether (sulfide) groups is 1. The van der Waals surface area contributed by atoms with Gasteiger partial charge in [-0.1, -0.05) is 87.5 Å². The summed E-state index contributed by atoms with van der Waals surface area (Å²) in [5.74, 6) is 2.83. The fourth-order valence-corrected chi connectivity index (χ4v) is 6.66. The monoisotopic (exact) mass is 619 g/mol. The van der Waals surface area contributed by atoms with Crippen LogP contribution in [0.25, 0.3) is 5.69 Å². The molecule has 0 aliphatic carbocycles. The van der Waals surface area contributed by atoms with Crippen LogP contribution in [0, 0.1) is 0 Å². The quantitative estimate of drug-likeness (QED) is 0.120. The number of piperazine rings is 1. The van der Waals surface area contributed by atoms with E-state index in [0.29, 0.717) is 38.9 Å². The molecule has 4 rings (SSSR count). The molecule has 44 heavy (non-hydrogen) atoms. The summed E-state index contributed by atoms with van der Waals surface area (Å²) in [5.41, 5.74) is 2.15. The van der Waals surface area contributed by atoms with E-state index < -0.39 is 0 Å². The lowest BCUT2D eigenvalue weighted by Gasteiger charge is -2.40. The third-order valence-corrected chi connectivity index (χ3v) is 9.31. The third-order valence-electron chi connectivity index (χ3n) is 8.30. The molecule has 2 amide bonds. The fourth-order valence-electron chi connectivity index (χ4n) is 5.75. The van der Waals surface area contributed by atoms with Crippen molar-refractivity contribution in [3.8, 4) is 11.4 Å². The summed E-state index contributed by atoms with van der Waals surface area (Å²) >= 11 is 1.63. The molecule has 0 radical (unpaired) electrons. The summed E-state index contributed by atoms with van der Waals surface area (Å²) in [6, 6.07) is 18.3. The second kappa shape index (κ2) is 17.8. The van der Waals surface area contributed by atoms with Crippen LogP contribution in [0.3, 0.4) is 0 Å². The normalized spacial score (nSPS) is 15.0. The van der Waals surface area contributed by atoms with Gasteiger partial charge in [0.2, 0.25) is 11.8 Å². The van der Waals surface area contributed by atoms with Crippen LogP contribution in [0.4, 0.5) is 0 Å². The van der Waals surface area contributed by atoms with E-state index in [4.69, 9.17) is 4.74 Å². The Morgan fingerprint density at radius 2 is 1.57 bits per heavy atom. The van der Waals surface area contributed by atoms with E-state index in [1.54, 1.807) is 18.9 Å². The molecule has 1 aliphatic rings. The molecule has 1 fully saturated rings. The predicted octanol–water partition coefficient (Wildman–Crippen LogP) is 6.94. The molecule has 8 nitrogen and oxygen atoms in total. The third kappa shape index (κ3) is 9.84. The number of hydrogen-bond acceptors (Lipinski definition) is 6. The van der Waals surface area contributed by atoms with E-state index in [2.05, 4.69) is 40.7 Å². The Labute approximate surface area is 267 Å². The molecule has 3 aromatic rings. The van der Waals surface area contributed by atoms with Gasteiger partial charge in [0.1, 0.15) is 11.6 Å². The highest BCUT2D eigenvalue weighted by atomic mass is 32.2. The van der Waals surface area contributed by atoms with Crippen LogP contribution in [-0.2, 0) is 16.0 Å². The smallest absolute Gasteiger partial charge is 0.222 e. The van der Waals surface area contributed by atoms with Gasteiger partial charge in [-0.15, -0.1) is 10.2 Å². The van der Waals surface area contributed by atoms with Gasteiger partial charge in [-0.25, -0.2) is 0 Å². The summed E-state index contributed by atoms with van der Waals surface area (Å²) in [4.78, 5) is 29.8. The average molecular weight is 620 g/mol. The minimum Gasteiger partial charge on any atom is -0.497 e. The summed E-state index contributed by atoms with van der Waals surface area (Å²) in [6.07, 6.45) is 11.0. The molecule has 1 atom stereocenters. The fraction of sp³-hybridized carbons (Fsp3) is 0.543. The first kappa shape index (κ1) is 33.6. The van der Waals surface area contributed by atoms with Gasteiger partial charge in [-0.2, -0.15) is 0 Å². The van der Waals surface area contributed by atoms with Crippen LogP contribution in [0.5, 0.6) is 5.75 Å². The van der Waals surface area contributed by atoms with Crippen LogP contribution < -0.4 is 4.74 Å². The summed E-state index contributed by atoms with van der Waals surface area (Å²) in [5, 5.41) is 9.88. The topological polar surface area (TPSA) is 80.6 Å². The first-order chi connectivity index (χ1) is 21.5. The predicted molar refractivity (Wildman–Crippen MR) is 177 cm³/mol. The van der Waals surface area contributed by atoms with Crippen molar-refractivity contribution in [1.29, 1.82) is 0 Å². The Morgan fingerprint density at radius 1 is 0.864 bits per heavy atom. The first-order valence-corrected chi connectivity index (χ1v) is 17.3. The van der Waals surface area contributed by atoms with Crippen molar-refractivity contribution < 1.29 is 14.3 Å². The number of amides is 2. The van der Waals surface area contributed by atoms with E-state index in [0.717, 1.165) is 47.4 Å². The molecule has 0 spiro atoms. The number of nitrogens with zero attached hydrogens (tertiary/aromatic N) is 5.